The number of rotatable bonds is 4. The first-order valence-electron chi connectivity index (χ1n) is 5.74. The fourth-order valence-electron chi connectivity index (χ4n) is 1.70. The van der Waals surface area contributed by atoms with Gasteiger partial charge in [0.2, 0.25) is 0 Å². The number of hydrogen-bond donors (Lipinski definition) is 3. The van der Waals surface area contributed by atoms with Gasteiger partial charge in [-0.25, -0.2) is 4.79 Å². The lowest BCUT2D eigenvalue weighted by Gasteiger charge is -2.12. The number of carboxylic acids is 1. The van der Waals surface area contributed by atoms with Crippen LogP contribution in [0.15, 0.2) is 40.9 Å². The number of benzene rings is 2. The third-order valence-electron chi connectivity index (χ3n) is 2.73. The SMILES string of the molecule is COc1ccc(Nc2cc(C(=O)O)ccc2N)cc1Br. The highest BCUT2D eigenvalue weighted by Gasteiger charge is 2.08. The molecule has 104 valence electrons. The smallest absolute Gasteiger partial charge is 0.335 e. The number of nitrogens with one attached hydrogen (secondary N) is 1. The summed E-state index contributed by atoms with van der Waals surface area (Å²) in [7, 11) is 1.58. The van der Waals surface area contributed by atoms with Gasteiger partial charge >= 0.3 is 5.97 Å². The molecular formula is C14H13BrN2O3. The van der Waals surface area contributed by atoms with Crippen LogP contribution >= 0.6 is 15.9 Å². The Balaban J connectivity index is 2.32. The van der Waals surface area contributed by atoms with E-state index in [2.05, 4.69) is 21.2 Å². The van der Waals surface area contributed by atoms with Gasteiger partial charge in [-0.1, -0.05) is 0 Å². The predicted octanol–water partition coefficient (Wildman–Crippen LogP) is 3.48. The third-order valence-corrected chi connectivity index (χ3v) is 3.35. The molecule has 20 heavy (non-hydrogen) atoms. The number of carbonyl (C=O) groups is 1. The van der Waals surface area contributed by atoms with Crippen molar-refractivity contribution < 1.29 is 14.6 Å². The standard InChI is InChI=1S/C14H13BrN2O3/c1-20-13-5-3-9(7-10(13)15)17-12-6-8(14(18)19)2-4-11(12)16/h2-7,17H,16H2,1H3,(H,18,19). The van der Waals surface area contributed by atoms with E-state index in [0.717, 1.165) is 10.2 Å². The summed E-state index contributed by atoms with van der Waals surface area (Å²) in [6.07, 6.45) is 0. The molecule has 0 spiro atoms. The molecule has 5 nitrogen and oxygen atoms in total. The zero-order chi connectivity index (χ0) is 14.7. The monoisotopic (exact) mass is 336 g/mol. The summed E-state index contributed by atoms with van der Waals surface area (Å²) in [5, 5.41) is 12.1. The topological polar surface area (TPSA) is 84.6 Å². The Bertz CT molecular complexity index is 659. The minimum Gasteiger partial charge on any atom is -0.496 e. The molecule has 0 aliphatic carbocycles. The number of ether oxygens (including phenoxy) is 1. The first-order chi connectivity index (χ1) is 9.51. The van der Waals surface area contributed by atoms with Crippen molar-refractivity contribution in [1.82, 2.24) is 0 Å². The zero-order valence-corrected chi connectivity index (χ0v) is 12.3. The van der Waals surface area contributed by atoms with Crippen molar-refractivity contribution in [2.24, 2.45) is 0 Å². The van der Waals surface area contributed by atoms with Gasteiger partial charge in [-0.05, 0) is 52.3 Å². The second-order valence-corrected chi connectivity index (χ2v) is 4.94. The predicted molar refractivity (Wildman–Crippen MR) is 81.8 cm³/mol. The van der Waals surface area contributed by atoms with Gasteiger partial charge in [0.25, 0.3) is 0 Å². The Hall–Kier alpha value is -2.21. The third kappa shape index (κ3) is 3.03. The van der Waals surface area contributed by atoms with E-state index in [9.17, 15) is 4.79 Å². The molecule has 2 rings (SSSR count). The summed E-state index contributed by atoms with van der Waals surface area (Å²) in [5.74, 6) is -0.285. The minimum atomic E-state index is -0.996. The van der Waals surface area contributed by atoms with Crippen LogP contribution in [-0.2, 0) is 0 Å². The van der Waals surface area contributed by atoms with Crippen LogP contribution in [0, 0.1) is 0 Å². The number of carboxylic acid groups (broad SMARTS) is 1. The van der Waals surface area contributed by atoms with E-state index in [0.29, 0.717) is 17.1 Å². The highest BCUT2D eigenvalue weighted by atomic mass is 79.9. The van der Waals surface area contributed by atoms with Crippen LogP contribution in [0.2, 0.25) is 0 Å². The number of anilines is 3. The minimum absolute atomic E-state index is 0.175. The van der Waals surface area contributed by atoms with Crippen LogP contribution in [-0.4, -0.2) is 18.2 Å². The molecule has 2 aromatic rings. The molecule has 0 amide bonds. The molecule has 0 radical (unpaired) electrons. The number of aromatic carboxylic acids is 1. The summed E-state index contributed by atoms with van der Waals surface area (Å²) in [4.78, 5) is 11.0. The number of nitrogens with two attached hydrogens (primary N) is 1. The van der Waals surface area contributed by atoms with Crippen LogP contribution in [0.1, 0.15) is 10.4 Å². The Morgan fingerprint density at radius 3 is 2.65 bits per heavy atom. The van der Waals surface area contributed by atoms with Gasteiger partial charge in [0.15, 0.2) is 0 Å². The van der Waals surface area contributed by atoms with Gasteiger partial charge in [0.1, 0.15) is 5.75 Å². The van der Waals surface area contributed by atoms with Gasteiger partial charge in [0.05, 0.1) is 28.5 Å². The summed E-state index contributed by atoms with van der Waals surface area (Å²) < 4.78 is 5.94. The molecule has 4 N–H and O–H groups in total. The van der Waals surface area contributed by atoms with Gasteiger partial charge in [-0.2, -0.15) is 0 Å². The highest BCUT2D eigenvalue weighted by Crippen LogP contribution is 2.31. The molecule has 0 aliphatic heterocycles. The quantitative estimate of drug-likeness (QED) is 0.744. The Morgan fingerprint density at radius 2 is 2.05 bits per heavy atom. The maximum atomic E-state index is 11.0. The number of hydrogen-bond acceptors (Lipinski definition) is 4. The molecule has 0 heterocycles. The summed E-state index contributed by atoms with van der Waals surface area (Å²) in [6, 6.07) is 9.96. The second-order valence-electron chi connectivity index (χ2n) is 4.08. The van der Waals surface area contributed by atoms with Crippen LogP contribution in [0.5, 0.6) is 5.75 Å². The lowest BCUT2D eigenvalue weighted by atomic mass is 10.1. The lowest BCUT2D eigenvalue weighted by Crippen LogP contribution is -2.01. The molecule has 0 saturated heterocycles. The van der Waals surface area contributed by atoms with Gasteiger partial charge in [0, 0.05) is 5.69 Å². The van der Waals surface area contributed by atoms with E-state index in [1.807, 2.05) is 12.1 Å². The molecule has 0 unspecified atom stereocenters. The van der Waals surface area contributed by atoms with Crippen molar-refractivity contribution in [2.75, 3.05) is 18.2 Å². The molecule has 0 saturated carbocycles. The van der Waals surface area contributed by atoms with Crippen molar-refractivity contribution in [3.05, 3.63) is 46.4 Å². The molecule has 0 bridgehead atoms. The van der Waals surface area contributed by atoms with Crippen molar-refractivity contribution in [1.29, 1.82) is 0 Å². The molecule has 0 aromatic heterocycles. The summed E-state index contributed by atoms with van der Waals surface area (Å²) in [5.41, 5.74) is 7.80. The average Bonchev–Trinajstić information content (AvgIpc) is 2.41. The van der Waals surface area contributed by atoms with Gasteiger partial charge < -0.3 is 20.9 Å². The van der Waals surface area contributed by atoms with E-state index in [-0.39, 0.29) is 5.56 Å². The average molecular weight is 337 g/mol. The molecule has 0 aliphatic rings. The van der Waals surface area contributed by atoms with Gasteiger partial charge in [-0.3, -0.25) is 0 Å². The van der Waals surface area contributed by atoms with Crippen LogP contribution in [0.3, 0.4) is 0 Å². The lowest BCUT2D eigenvalue weighted by molar-refractivity contribution is 0.0697. The highest BCUT2D eigenvalue weighted by molar-refractivity contribution is 9.10. The fraction of sp³-hybridized carbons (Fsp3) is 0.0714. The Morgan fingerprint density at radius 1 is 1.30 bits per heavy atom. The maximum absolute atomic E-state index is 11.0. The molecule has 0 atom stereocenters. The Kier molecular flexibility index (Phi) is 4.14. The van der Waals surface area contributed by atoms with Crippen molar-refractivity contribution >= 4 is 39.0 Å². The summed E-state index contributed by atoms with van der Waals surface area (Å²) >= 11 is 3.39. The molecule has 6 heteroatoms. The normalized spacial score (nSPS) is 10.1. The van der Waals surface area contributed by atoms with Crippen molar-refractivity contribution in [3.63, 3.8) is 0 Å². The van der Waals surface area contributed by atoms with E-state index < -0.39 is 5.97 Å². The number of nitrogen functional groups attached to an aromatic ring is 1. The van der Waals surface area contributed by atoms with E-state index in [1.54, 1.807) is 19.2 Å². The second kappa shape index (κ2) is 5.83. The molecule has 2 aromatic carbocycles. The zero-order valence-electron chi connectivity index (χ0n) is 10.7. The van der Waals surface area contributed by atoms with Gasteiger partial charge in [-0.15, -0.1) is 0 Å². The number of methoxy groups -OCH3 is 1. The molecule has 0 fully saturated rings. The van der Waals surface area contributed by atoms with Crippen LogP contribution in [0.25, 0.3) is 0 Å². The maximum Gasteiger partial charge on any atom is 0.335 e. The van der Waals surface area contributed by atoms with E-state index in [4.69, 9.17) is 15.6 Å². The largest absolute Gasteiger partial charge is 0.496 e. The van der Waals surface area contributed by atoms with Crippen LogP contribution < -0.4 is 15.8 Å². The first kappa shape index (κ1) is 14.2. The number of halogens is 1. The van der Waals surface area contributed by atoms with E-state index in [1.165, 1.54) is 12.1 Å². The van der Waals surface area contributed by atoms with Crippen LogP contribution in [0.4, 0.5) is 17.1 Å². The van der Waals surface area contributed by atoms with Crippen molar-refractivity contribution in [2.45, 2.75) is 0 Å². The summed E-state index contributed by atoms with van der Waals surface area (Å²) in [6.45, 7) is 0. The van der Waals surface area contributed by atoms with E-state index >= 15 is 0 Å². The Labute approximate surface area is 124 Å². The van der Waals surface area contributed by atoms with Crippen molar-refractivity contribution in [3.8, 4) is 5.75 Å². The first-order valence-corrected chi connectivity index (χ1v) is 6.54. The molecular weight excluding hydrogens is 324 g/mol. The fourth-order valence-corrected chi connectivity index (χ4v) is 2.24.